The van der Waals surface area contributed by atoms with Crippen LogP contribution in [0, 0.1) is 5.82 Å². The summed E-state index contributed by atoms with van der Waals surface area (Å²) in [5.74, 6) is -1.26. The van der Waals surface area contributed by atoms with Crippen LogP contribution >= 0.6 is 0 Å². The minimum Gasteiger partial charge on any atom is -0.478 e. The van der Waals surface area contributed by atoms with Gasteiger partial charge in [-0.1, -0.05) is 12.1 Å². The largest absolute Gasteiger partial charge is 0.478 e. The van der Waals surface area contributed by atoms with E-state index in [1.807, 2.05) is 6.07 Å². The maximum absolute atomic E-state index is 13.6. The molecule has 0 aliphatic carbocycles. The number of H-pyrrole nitrogens is 1. The van der Waals surface area contributed by atoms with Crippen LogP contribution < -0.4 is 5.73 Å². The predicted octanol–water partition coefficient (Wildman–Crippen LogP) is 3.95. The van der Waals surface area contributed by atoms with Gasteiger partial charge < -0.3 is 15.8 Å². The van der Waals surface area contributed by atoms with Crippen LogP contribution in [0.4, 0.5) is 4.39 Å². The van der Waals surface area contributed by atoms with Crippen molar-refractivity contribution in [2.45, 2.75) is 19.3 Å². The Balaban J connectivity index is 2.16. The lowest BCUT2D eigenvalue weighted by molar-refractivity contribution is 0.0697. The molecule has 2 aromatic carbocycles. The highest BCUT2D eigenvalue weighted by atomic mass is 19.1. The van der Waals surface area contributed by atoms with E-state index in [0.717, 1.165) is 47.0 Å². The van der Waals surface area contributed by atoms with Gasteiger partial charge in [-0.05, 0) is 61.7 Å². The summed E-state index contributed by atoms with van der Waals surface area (Å²) in [5, 5.41) is 10.1. The molecular weight excluding hydrogens is 307 g/mol. The lowest BCUT2D eigenvalue weighted by atomic mass is 9.99. The number of aromatic carboxylic acids is 1. The average molecular weight is 326 g/mol. The van der Waals surface area contributed by atoms with E-state index >= 15 is 0 Å². The van der Waals surface area contributed by atoms with Gasteiger partial charge >= 0.3 is 5.97 Å². The third kappa shape index (κ3) is 3.16. The maximum atomic E-state index is 13.6. The number of halogens is 1. The minimum absolute atomic E-state index is 0.243. The molecule has 1 aromatic heterocycles. The molecule has 0 aliphatic heterocycles. The first-order chi connectivity index (χ1) is 11.6. The van der Waals surface area contributed by atoms with Crippen LogP contribution in [0.3, 0.4) is 0 Å². The topological polar surface area (TPSA) is 79.1 Å². The summed E-state index contributed by atoms with van der Waals surface area (Å²) in [6.45, 7) is 0.609. The number of nitrogens with one attached hydrogen (secondary N) is 1. The van der Waals surface area contributed by atoms with E-state index < -0.39 is 5.97 Å². The van der Waals surface area contributed by atoms with E-state index in [-0.39, 0.29) is 11.4 Å². The Hall–Kier alpha value is -2.66. The zero-order valence-electron chi connectivity index (χ0n) is 13.2. The van der Waals surface area contributed by atoms with Crippen LogP contribution in [0.15, 0.2) is 42.5 Å². The summed E-state index contributed by atoms with van der Waals surface area (Å²) in [7, 11) is 0. The number of aryl methyl sites for hydroxylation is 1. The van der Waals surface area contributed by atoms with Crippen LogP contribution in [0.2, 0.25) is 0 Å². The Morgan fingerprint density at radius 1 is 1.17 bits per heavy atom. The second-order valence-corrected chi connectivity index (χ2v) is 5.80. The standard InChI is InChI=1S/C19H19FN2O2/c20-14-5-3-4-12(10-14)18-15(6-1-2-9-21)16-11-13(19(23)24)7-8-17(16)22-18/h3-5,7-8,10-11,22H,1-2,6,9,21H2,(H,23,24). The molecule has 3 aromatic rings. The highest BCUT2D eigenvalue weighted by molar-refractivity contribution is 5.97. The fourth-order valence-electron chi connectivity index (χ4n) is 2.98. The summed E-state index contributed by atoms with van der Waals surface area (Å²) in [5.41, 5.74) is 9.27. The summed E-state index contributed by atoms with van der Waals surface area (Å²) in [6, 6.07) is 11.4. The van der Waals surface area contributed by atoms with E-state index in [1.54, 1.807) is 24.3 Å². The summed E-state index contributed by atoms with van der Waals surface area (Å²) in [4.78, 5) is 14.6. The van der Waals surface area contributed by atoms with Crippen molar-refractivity contribution in [1.29, 1.82) is 0 Å². The second-order valence-electron chi connectivity index (χ2n) is 5.80. The van der Waals surface area contributed by atoms with Crippen molar-refractivity contribution in [2.24, 2.45) is 5.73 Å². The van der Waals surface area contributed by atoms with E-state index in [9.17, 15) is 14.3 Å². The van der Waals surface area contributed by atoms with Crippen molar-refractivity contribution in [2.75, 3.05) is 6.54 Å². The Morgan fingerprint density at radius 3 is 2.71 bits per heavy atom. The molecule has 24 heavy (non-hydrogen) atoms. The molecular formula is C19H19FN2O2. The zero-order valence-corrected chi connectivity index (χ0v) is 13.2. The average Bonchev–Trinajstić information content (AvgIpc) is 2.93. The van der Waals surface area contributed by atoms with Crippen LogP contribution in [0.1, 0.15) is 28.8 Å². The molecule has 1 heterocycles. The first-order valence-electron chi connectivity index (χ1n) is 7.94. The Labute approximate surface area is 139 Å². The lowest BCUT2D eigenvalue weighted by Crippen LogP contribution is -1.99. The predicted molar refractivity (Wildman–Crippen MR) is 92.6 cm³/mol. The van der Waals surface area contributed by atoms with Crippen molar-refractivity contribution < 1.29 is 14.3 Å². The Bertz CT molecular complexity index is 886. The molecule has 0 spiro atoms. The molecule has 0 amide bonds. The number of benzene rings is 2. The van der Waals surface area contributed by atoms with Crippen LogP contribution in [-0.2, 0) is 6.42 Å². The van der Waals surface area contributed by atoms with Gasteiger partial charge in [0.2, 0.25) is 0 Å². The third-order valence-electron chi connectivity index (χ3n) is 4.15. The van der Waals surface area contributed by atoms with Gasteiger partial charge in [0.05, 0.1) is 5.56 Å². The smallest absolute Gasteiger partial charge is 0.335 e. The van der Waals surface area contributed by atoms with E-state index in [1.165, 1.54) is 12.1 Å². The van der Waals surface area contributed by atoms with E-state index in [4.69, 9.17) is 5.73 Å². The minimum atomic E-state index is -0.960. The molecule has 0 unspecified atom stereocenters. The molecule has 0 bridgehead atoms. The van der Waals surface area contributed by atoms with Gasteiger partial charge in [-0.3, -0.25) is 0 Å². The van der Waals surface area contributed by atoms with Crippen LogP contribution in [0.25, 0.3) is 22.2 Å². The SMILES string of the molecule is NCCCCc1c(-c2cccc(F)c2)[nH]c2ccc(C(=O)O)cc12. The van der Waals surface area contributed by atoms with Gasteiger partial charge in [-0.2, -0.15) is 0 Å². The molecule has 5 heteroatoms. The van der Waals surface area contributed by atoms with E-state index in [0.29, 0.717) is 6.54 Å². The number of hydrogen-bond acceptors (Lipinski definition) is 2. The lowest BCUT2D eigenvalue weighted by Gasteiger charge is -2.06. The van der Waals surface area contributed by atoms with Gasteiger partial charge in [0, 0.05) is 22.2 Å². The fourth-order valence-corrected chi connectivity index (χ4v) is 2.98. The third-order valence-corrected chi connectivity index (χ3v) is 4.15. The normalized spacial score (nSPS) is 11.1. The van der Waals surface area contributed by atoms with Gasteiger partial charge in [0.25, 0.3) is 0 Å². The van der Waals surface area contributed by atoms with Crippen molar-refractivity contribution in [3.63, 3.8) is 0 Å². The van der Waals surface area contributed by atoms with Gasteiger partial charge in [-0.25, -0.2) is 9.18 Å². The number of hydrogen-bond donors (Lipinski definition) is 3. The molecule has 0 fully saturated rings. The molecule has 4 nitrogen and oxygen atoms in total. The number of carboxylic acid groups (broad SMARTS) is 1. The summed E-state index contributed by atoms with van der Waals surface area (Å²) < 4.78 is 13.6. The van der Waals surface area contributed by atoms with Crippen molar-refractivity contribution in [1.82, 2.24) is 4.98 Å². The summed E-state index contributed by atoms with van der Waals surface area (Å²) >= 11 is 0. The summed E-state index contributed by atoms with van der Waals surface area (Å²) in [6.07, 6.45) is 2.53. The Morgan fingerprint density at radius 2 is 2.00 bits per heavy atom. The molecule has 0 saturated carbocycles. The van der Waals surface area contributed by atoms with Crippen molar-refractivity contribution in [3.8, 4) is 11.3 Å². The van der Waals surface area contributed by atoms with Gasteiger partial charge in [-0.15, -0.1) is 0 Å². The number of unbranched alkanes of at least 4 members (excludes halogenated alkanes) is 1. The van der Waals surface area contributed by atoms with Crippen molar-refractivity contribution in [3.05, 3.63) is 59.4 Å². The quantitative estimate of drug-likeness (QED) is 0.600. The highest BCUT2D eigenvalue weighted by Crippen LogP contribution is 2.32. The first kappa shape index (κ1) is 16.2. The monoisotopic (exact) mass is 326 g/mol. The number of rotatable bonds is 6. The van der Waals surface area contributed by atoms with Crippen LogP contribution in [0.5, 0.6) is 0 Å². The molecule has 0 aliphatic rings. The van der Waals surface area contributed by atoms with Crippen LogP contribution in [-0.4, -0.2) is 22.6 Å². The number of nitrogens with two attached hydrogens (primary N) is 1. The number of carbonyl (C=O) groups is 1. The van der Waals surface area contributed by atoms with Gasteiger partial charge in [0.15, 0.2) is 0 Å². The maximum Gasteiger partial charge on any atom is 0.335 e. The van der Waals surface area contributed by atoms with E-state index in [2.05, 4.69) is 4.98 Å². The molecule has 124 valence electrons. The highest BCUT2D eigenvalue weighted by Gasteiger charge is 2.15. The number of fused-ring (bicyclic) bond motifs is 1. The van der Waals surface area contributed by atoms with Crippen molar-refractivity contribution >= 4 is 16.9 Å². The number of aromatic amines is 1. The van der Waals surface area contributed by atoms with Gasteiger partial charge in [0.1, 0.15) is 5.82 Å². The number of carboxylic acids is 1. The fraction of sp³-hybridized carbons (Fsp3) is 0.211. The first-order valence-corrected chi connectivity index (χ1v) is 7.94. The zero-order chi connectivity index (χ0) is 17.1. The second kappa shape index (κ2) is 6.84. The molecule has 4 N–H and O–H groups in total. The molecule has 0 saturated heterocycles. The Kier molecular flexibility index (Phi) is 4.62. The molecule has 3 rings (SSSR count). The number of aromatic nitrogens is 1. The molecule has 0 atom stereocenters. The molecule has 0 radical (unpaired) electrons.